The van der Waals surface area contributed by atoms with Crippen LogP contribution < -0.4 is 10.6 Å². The summed E-state index contributed by atoms with van der Waals surface area (Å²) >= 11 is 0. The summed E-state index contributed by atoms with van der Waals surface area (Å²) in [5.41, 5.74) is 8.55. The molecule has 11 heteroatoms. The molecule has 5 heterocycles. The molecule has 2 saturated carbocycles. The highest BCUT2D eigenvalue weighted by Gasteiger charge is 2.43. The average Bonchev–Trinajstić information content (AvgIpc) is 3.93. The quantitative estimate of drug-likeness (QED) is 0.115. The van der Waals surface area contributed by atoms with Crippen LogP contribution in [-0.2, 0) is 0 Å². The maximum Gasteiger partial charge on any atom is 0.183 e. The highest BCUT2D eigenvalue weighted by Crippen LogP contribution is 2.53. The lowest BCUT2D eigenvalue weighted by Crippen LogP contribution is -2.09. The molecule has 0 spiro atoms. The molecule has 2 aliphatic carbocycles. The van der Waals surface area contributed by atoms with Crippen LogP contribution in [0, 0.1) is 5.92 Å². The minimum atomic E-state index is 0.244. The summed E-state index contributed by atoms with van der Waals surface area (Å²) in [5.74, 6) is 3.25. The molecule has 0 bridgehead atoms. The number of pyridine rings is 1. The Labute approximate surface area is 288 Å². The van der Waals surface area contributed by atoms with E-state index in [9.17, 15) is 0 Å². The maximum absolute atomic E-state index is 5.28. The number of H-pyrrole nitrogens is 2. The summed E-state index contributed by atoms with van der Waals surface area (Å²) in [4.78, 5) is 4.35. The lowest BCUT2D eigenvalue weighted by atomic mass is 10.1. The first-order chi connectivity index (χ1) is 24.5. The Morgan fingerprint density at radius 2 is 1.50 bits per heavy atom. The van der Waals surface area contributed by atoms with Gasteiger partial charge in [0.15, 0.2) is 11.5 Å². The van der Waals surface area contributed by atoms with Crippen LogP contribution in [0.2, 0.25) is 0 Å². The molecule has 5 aromatic heterocycles. The van der Waals surface area contributed by atoms with Gasteiger partial charge in [-0.2, -0.15) is 20.4 Å². The first-order valence-corrected chi connectivity index (χ1v) is 17.8. The molecule has 11 nitrogen and oxygen atoms in total. The van der Waals surface area contributed by atoms with Gasteiger partial charge in [-0.05, 0) is 113 Å². The summed E-state index contributed by atoms with van der Waals surface area (Å²) in [6.07, 6.45) is 6.42. The van der Waals surface area contributed by atoms with Crippen molar-refractivity contribution in [2.45, 2.75) is 70.4 Å². The third-order valence-electron chi connectivity index (χ3n) is 10.6. The number of aromatic amines is 2. The van der Waals surface area contributed by atoms with Crippen LogP contribution in [0.15, 0.2) is 79.0 Å². The van der Waals surface area contributed by atoms with Gasteiger partial charge < -0.3 is 10.6 Å². The number of hydrogen-bond donors (Lipinski definition) is 4. The van der Waals surface area contributed by atoms with Gasteiger partial charge in [0, 0.05) is 51.6 Å². The Kier molecular flexibility index (Phi) is 6.52. The molecule has 0 amide bonds. The van der Waals surface area contributed by atoms with Crippen molar-refractivity contribution >= 4 is 66.8 Å². The van der Waals surface area contributed by atoms with E-state index in [2.05, 4.69) is 109 Å². The fourth-order valence-electron chi connectivity index (χ4n) is 7.81. The average molecular weight is 662 g/mol. The largest absolute Gasteiger partial charge is 0.340 e. The molecule has 250 valence electrons. The van der Waals surface area contributed by atoms with E-state index in [0.29, 0.717) is 23.4 Å². The first kappa shape index (κ1) is 29.2. The molecule has 3 atom stereocenters. The van der Waals surface area contributed by atoms with Crippen LogP contribution in [0.3, 0.4) is 0 Å². The topological polar surface area (TPSA) is 130 Å². The number of benzene rings is 3. The van der Waals surface area contributed by atoms with Crippen LogP contribution in [-0.4, -0.2) is 44.9 Å². The Morgan fingerprint density at radius 1 is 0.760 bits per heavy atom. The number of fused-ring (bicyclic) bond motifs is 4. The van der Waals surface area contributed by atoms with Gasteiger partial charge in [0.2, 0.25) is 0 Å². The summed E-state index contributed by atoms with van der Waals surface area (Å²) < 4.78 is 4.48. The molecule has 50 heavy (non-hydrogen) atoms. The summed E-state index contributed by atoms with van der Waals surface area (Å²) in [7, 11) is 0. The molecule has 3 aromatic carbocycles. The van der Waals surface area contributed by atoms with E-state index in [1.165, 1.54) is 40.5 Å². The standard InChI is InChI=1S/C39H39N11/c1-21(2)49-33-19-25(42-39-30-8-6-16-40-37(30)44-46-39)13-15-29(33)36(48-49)31-18-24(31)17-22(3)50-34-20-26(12-14-28(34)35(47-50)23-10-11-23)41-38-27-7-4-5-9-32(27)43-45-38/h4-9,12-16,19-24,31H,10-11,17-18H2,1-3H3,(H2,41,43,45)(H2,40,42,44,46). The number of rotatable bonds is 10. The SMILES string of the molecule is CC(C)n1nc(C2CC2CC(C)n2nc(C3CC3)c3ccc(Nc4n[nH]c5ccccc45)cc32)c2ccc(Nc3[nH]nc4ncccc34)cc21. The van der Waals surface area contributed by atoms with Gasteiger partial charge in [0.1, 0.15) is 5.82 Å². The van der Waals surface area contributed by atoms with Crippen LogP contribution in [0.4, 0.5) is 23.0 Å². The second-order valence-electron chi connectivity index (χ2n) is 14.5. The zero-order valence-electron chi connectivity index (χ0n) is 28.4. The molecule has 0 aliphatic heterocycles. The number of nitrogens with one attached hydrogen (secondary N) is 4. The third-order valence-corrected chi connectivity index (χ3v) is 10.6. The van der Waals surface area contributed by atoms with E-state index in [1.807, 2.05) is 30.3 Å². The van der Waals surface area contributed by atoms with E-state index in [1.54, 1.807) is 6.20 Å². The van der Waals surface area contributed by atoms with Crippen molar-refractivity contribution in [1.82, 2.24) is 44.9 Å². The lowest BCUT2D eigenvalue weighted by molar-refractivity contribution is 0.440. The summed E-state index contributed by atoms with van der Waals surface area (Å²) in [6.45, 7) is 6.74. The molecule has 4 N–H and O–H groups in total. The molecule has 0 radical (unpaired) electrons. The summed E-state index contributed by atoms with van der Waals surface area (Å²) in [5, 5.41) is 37.3. The van der Waals surface area contributed by atoms with Crippen molar-refractivity contribution in [3.8, 4) is 0 Å². The molecule has 8 aromatic rings. The fourth-order valence-corrected chi connectivity index (χ4v) is 7.81. The monoisotopic (exact) mass is 661 g/mol. The van der Waals surface area contributed by atoms with E-state index in [4.69, 9.17) is 10.2 Å². The number of para-hydroxylation sites is 1. The predicted molar refractivity (Wildman–Crippen MR) is 199 cm³/mol. The minimum Gasteiger partial charge on any atom is -0.340 e. The van der Waals surface area contributed by atoms with Crippen molar-refractivity contribution in [2.75, 3.05) is 10.6 Å². The Balaban J connectivity index is 0.917. The van der Waals surface area contributed by atoms with Crippen LogP contribution in [0.1, 0.15) is 81.8 Å². The Bertz CT molecular complexity index is 2550. The van der Waals surface area contributed by atoms with Gasteiger partial charge in [-0.1, -0.05) is 12.1 Å². The molecule has 2 aliphatic rings. The first-order valence-electron chi connectivity index (χ1n) is 17.8. The van der Waals surface area contributed by atoms with Crippen molar-refractivity contribution in [3.63, 3.8) is 0 Å². The van der Waals surface area contributed by atoms with Crippen molar-refractivity contribution < 1.29 is 0 Å². The number of nitrogens with zero attached hydrogens (tertiary/aromatic N) is 7. The van der Waals surface area contributed by atoms with Gasteiger partial charge >= 0.3 is 0 Å². The van der Waals surface area contributed by atoms with E-state index >= 15 is 0 Å². The number of anilines is 4. The molecule has 0 saturated heterocycles. The lowest BCUT2D eigenvalue weighted by Gasteiger charge is -2.14. The van der Waals surface area contributed by atoms with Gasteiger partial charge in [-0.25, -0.2) is 4.98 Å². The summed E-state index contributed by atoms with van der Waals surface area (Å²) in [6, 6.07) is 25.9. The second-order valence-corrected chi connectivity index (χ2v) is 14.5. The van der Waals surface area contributed by atoms with Gasteiger partial charge in [0.05, 0.1) is 39.4 Å². The van der Waals surface area contributed by atoms with Crippen molar-refractivity contribution in [2.24, 2.45) is 5.92 Å². The van der Waals surface area contributed by atoms with Crippen LogP contribution in [0.25, 0.3) is 43.7 Å². The molecular weight excluding hydrogens is 623 g/mol. The highest BCUT2D eigenvalue weighted by atomic mass is 15.3. The molecule has 2 fully saturated rings. The van der Waals surface area contributed by atoms with Crippen molar-refractivity contribution in [3.05, 3.63) is 90.4 Å². The predicted octanol–water partition coefficient (Wildman–Crippen LogP) is 9.23. The van der Waals surface area contributed by atoms with Gasteiger partial charge in [0.25, 0.3) is 0 Å². The third kappa shape index (κ3) is 4.90. The minimum absolute atomic E-state index is 0.244. The maximum atomic E-state index is 5.28. The Hall–Kier alpha value is -5.71. The number of aromatic nitrogens is 9. The molecule has 3 unspecified atom stereocenters. The normalized spacial score (nSPS) is 18.2. The highest BCUT2D eigenvalue weighted by molar-refractivity contribution is 5.94. The zero-order valence-corrected chi connectivity index (χ0v) is 28.4. The number of hydrogen-bond acceptors (Lipinski definition) is 7. The molecule has 10 rings (SSSR count). The van der Waals surface area contributed by atoms with E-state index < -0.39 is 0 Å². The van der Waals surface area contributed by atoms with Gasteiger partial charge in [-0.3, -0.25) is 19.6 Å². The van der Waals surface area contributed by atoms with Crippen LogP contribution >= 0.6 is 0 Å². The second kappa shape index (κ2) is 11.2. The van der Waals surface area contributed by atoms with E-state index in [0.717, 1.165) is 57.7 Å². The molecular formula is C39H39N11. The van der Waals surface area contributed by atoms with E-state index in [-0.39, 0.29) is 12.1 Å². The zero-order chi connectivity index (χ0) is 33.5. The Morgan fingerprint density at radius 3 is 2.32 bits per heavy atom. The van der Waals surface area contributed by atoms with Crippen molar-refractivity contribution in [1.29, 1.82) is 0 Å². The fraction of sp³-hybridized carbons (Fsp3) is 0.308. The van der Waals surface area contributed by atoms with Gasteiger partial charge in [-0.15, -0.1) is 0 Å². The van der Waals surface area contributed by atoms with Crippen LogP contribution in [0.5, 0.6) is 0 Å². The smallest absolute Gasteiger partial charge is 0.183 e.